The number of aryl methyl sites for hydroxylation is 1. The Bertz CT molecular complexity index is 1280. The summed E-state index contributed by atoms with van der Waals surface area (Å²) in [7, 11) is 0. The molecule has 5 rings (SSSR count). The monoisotopic (exact) mass is 544 g/mol. The molecule has 2 N–H and O–H groups in total. The van der Waals surface area contributed by atoms with Gasteiger partial charge in [0.1, 0.15) is 11.6 Å². The highest BCUT2D eigenvalue weighted by Crippen LogP contribution is 2.25. The van der Waals surface area contributed by atoms with Crippen LogP contribution in [0.2, 0.25) is 0 Å². The van der Waals surface area contributed by atoms with E-state index in [0.29, 0.717) is 30.9 Å². The molecule has 9 nitrogen and oxygen atoms in total. The number of anilines is 1. The molecule has 2 aliphatic rings. The number of carbonyl (C=O) groups excluding carboxylic acids is 2. The van der Waals surface area contributed by atoms with E-state index in [9.17, 15) is 9.59 Å². The summed E-state index contributed by atoms with van der Waals surface area (Å²) in [6, 6.07) is 15.0. The maximum Gasteiger partial charge on any atom is 0.264 e. The number of para-hydroxylation sites is 1. The summed E-state index contributed by atoms with van der Waals surface area (Å²) in [5.41, 5.74) is 2.32. The molecular weight excluding hydrogens is 504 g/mol. The number of ether oxygens (including phenoxy) is 1. The molecule has 3 aromatic rings. The smallest absolute Gasteiger partial charge is 0.264 e. The van der Waals surface area contributed by atoms with E-state index in [4.69, 9.17) is 4.74 Å². The van der Waals surface area contributed by atoms with Gasteiger partial charge in [-0.05, 0) is 68.1 Å². The van der Waals surface area contributed by atoms with E-state index >= 15 is 0 Å². The number of carbonyl (C=O) groups is 2. The SMILES string of the molecule is O=C(NCc1nnc2n1CCCCC2)c1ccc2c(c1)CNCCCCCCCN2C(=O)COc1ccccc1. The fourth-order valence-electron chi connectivity index (χ4n) is 5.46. The van der Waals surface area contributed by atoms with Gasteiger partial charge in [-0.15, -0.1) is 10.2 Å². The lowest BCUT2D eigenvalue weighted by Crippen LogP contribution is -2.37. The van der Waals surface area contributed by atoms with E-state index in [1.54, 1.807) is 0 Å². The lowest BCUT2D eigenvalue weighted by molar-refractivity contribution is -0.120. The summed E-state index contributed by atoms with van der Waals surface area (Å²) in [6.07, 6.45) is 9.80. The number of nitrogens with zero attached hydrogens (tertiary/aromatic N) is 4. The fraction of sp³-hybridized carbons (Fsp3) is 0.484. The highest BCUT2D eigenvalue weighted by atomic mass is 16.5. The quantitative estimate of drug-likeness (QED) is 0.477. The zero-order valence-electron chi connectivity index (χ0n) is 23.2. The molecule has 40 heavy (non-hydrogen) atoms. The van der Waals surface area contributed by atoms with Crippen molar-refractivity contribution in [3.8, 4) is 5.75 Å². The predicted octanol–water partition coefficient (Wildman–Crippen LogP) is 4.40. The number of benzene rings is 2. The van der Waals surface area contributed by atoms with Crippen molar-refractivity contribution in [3.63, 3.8) is 0 Å². The van der Waals surface area contributed by atoms with Gasteiger partial charge in [0, 0.05) is 37.3 Å². The van der Waals surface area contributed by atoms with Gasteiger partial charge in [0.25, 0.3) is 11.8 Å². The second kappa shape index (κ2) is 14.1. The first-order chi connectivity index (χ1) is 19.7. The third-order valence-corrected chi connectivity index (χ3v) is 7.68. The molecule has 2 aromatic carbocycles. The van der Waals surface area contributed by atoms with Crippen molar-refractivity contribution in [3.05, 3.63) is 71.3 Å². The lowest BCUT2D eigenvalue weighted by atomic mass is 10.0. The van der Waals surface area contributed by atoms with Crippen LogP contribution in [0.5, 0.6) is 5.75 Å². The number of hydrogen-bond acceptors (Lipinski definition) is 6. The van der Waals surface area contributed by atoms with Gasteiger partial charge in [0.05, 0.1) is 6.54 Å². The normalized spacial score (nSPS) is 16.4. The van der Waals surface area contributed by atoms with Gasteiger partial charge in [-0.2, -0.15) is 0 Å². The van der Waals surface area contributed by atoms with Crippen LogP contribution in [-0.4, -0.2) is 46.3 Å². The largest absolute Gasteiger partial charge is 0.484 e. The molecule has 0 unspecified atom stereocenters. The van der Waals surface area contributed by atoms with Gasteiger partial charge >= 0.3 is 0 Å². The van der Waals surface area contributed by atoms with Gasteiger partial charge in [0.15, 0.2) is 12.4 Å². The Kier molecular flexibility index (Phi) is 9.79. The Hall–Kier alpha value is -3.72. The Labute approximate surface area is 236 Å². The third-order valence-electron chi connectivity index (χ3n) is 7.68. The standard InChI is InChI=1S/C31H40N6O3/c38-30(23-40-26-12-6-4-7-13-26)36-18-10-3-1-2-9-17-32-21-25-20-24(15-16-27(25)36)31(39)33-22-29-35-34-28-14-8-5-11-19-37(28)29/h4,6-7,12-13,15-16,20,32H,1-3,5,8-11,14,17-19,21-23H2,(H,33,39). The number of aromatic nitrogens is 3. The minimum absolute atomic E-state index is 0.0399. The van der Waals surface area contributed by atoms with Gasteiger partial charge < -0.3 is 24.8 Å². The third kappa shape index (κ3) is 7.27. The van der Waals surface area contributed by atoms with E-state index in [-0.39, 0.29) is 18.4 Å². The first-order valence-electron chi connectivity index (χ1n) is 14.7. The number of hydrogen-bond donors (Lipinski definition) is 2. The summed E-state index contributed by atoms with van der Waals surface area (Å²) in [4.78, 5) is 28.5. The van der Waals surface area contributed by atoms with E-state index in [2.05, 4.69) is 25.4 Å². The first kappa shape index (κ1) is 27.8. The molecule has 0 saturated carbocycles. The Balaban J connectivity index is 1.32. The molecule has 9 heteroatoms. The maximum absolute atomic E-state index is 13.4. The van der Waals surface area contributed by atoms with Gasteiger partial charge in [-0.25, -0.2) is 0 Å². The summed E-state index contributed by atoms with van der Waals surface area (Å²) in [5.74, 6) is 2.22. The fourth-order valence-corrected chi connectivity index (χ4v) is 5.46. The molecule has 0 radical (unpaired) electrons. The van der Waals surface area contributed by atoms with Crippen molar-refractivity contribution in [1.82, 2.24) is 25.4 Å². The van der Waals surface area contributed by atoms with Crippen LogP contribution in [0.1, 0.15) is 78.9 Å². The second-order valence-corrected chi connectivity index (χ2v) is 10.6. The van der Waals surface area contributed by atoms with Crippen molar-refractivity contribution < 1.29 is 14.3 Å². The highest BCUT2D eigenvalue weighted by Gasteiger charge is 2.22. The van der Waals surface area contributed by atoms with Crippen LogP contribution in [0.25, 0.3) is 0 Å². The Morgan fingerprint density at radius 1 is 0.900 bits per heavy atom. The van der Waals surface area contributed by atoms with Crippen molar-refractivity contribution in [1.29, 1.82) is 0 Å². The van der Waals surface area contributed by atoms with Gasteiger partial charge in [-0.1, -0.05) is 43.9 Å². The lowest BCUT2D eigenvalue weighted by Gasteiger charge is -2.26. The number of nitrogens with one attached hydrogen (secondary N) is 2. The number of fused-ring (bicyclic) bond motifs is 2. The summed E-state index contributed by atoms with van der Waals surface area (Å²) in [5, 5.41) is 15.2. The molecule has 2 aliphatic heterocycles. The minimum Gasteiger partial charge on any atom is -0.484 e. The molecule has 0 spiro atoms. The first-order valence-corrected chi connectivity index (χ1v) is 14.7. The molecule has 3 heterocycles. The molecule has 0 fully saturated rings. The number of rotatable bonds is 6. The molecular formula is C31H40N6O3. The zero-order valence-corrected chi connectivity index (χ0v) is 23.2. The van der Waals surface area contributed by atoms with Crippen LogP contribution >= 0.6 is 0 Å². The zero-order chi connectivity index (χ0) is 27.6. The Morgan fingerprint density at radius 2 is 1.70 bits per heavy atom. The van der Waals surface area contributed by atoms with Crippen molar-refractivity contribution in [2.24, 2.45) is 0 Å². The van der Waals surface area contributed by atoms with Gasteiger partial charge in [-0.3, -0.25) is 9.59 Å². The molecule has 0 aliphatic carbocycles. The van der Waals surface area contributed by atoms with Crippen LogP contribution in [0.15, 0.2) is 48.5 Å². The molecule has 0 atom stereocenters. The van der Waals surface area contributed by atoms with E-state index in [1.807, 2.05) is 53.4 Å². The minimum atomic E-state index is -0.162. The van der Waals surface area contributed by atoms with E-state index in [1.165, 1.54) is 12.8 Å². The van der Waals surface area contributed by atoms with Crippen LogP contribution in [0.3, 0.4) is 0 Å². The molecule has 2 amide bonds. The molecule has 212 valence electrons. The van der Waals surface area contributed by atoms with Crippen LogP contribution in [0.4, 0.5) is 5.69 Å². The van der Waals surface area contributed by atoms with Crippen LogP contribution in [-0.2, 0) is 30.8 Å². The molecule has 0 bridgehead atoms. The Morgan fingerprint density at radius 3 is 2.60 bits per heavy atom. The van der Waals surface area contributed by atoms with Crippen LogP contribution in [0, 0.1) is 0 Å². The molecule has 1 aromatic heterocycles. The van der Waals surface area contributed by atoms with Gasteiger partial charge in [0.2, 0.25) is 0 Å². The molecule has 0 saturated heterocycles. The summed E-state index contributed by atoms with van der Waals surface area (Å²) >= 11 is 0. The van der Waals surface area contributed by atoms with Crippen LogP contribution < -0.4 is 20.3 Å². The van der Waals surface area contributed by atoms with Crippen molar-refractivity contribution >= 4 is 17.5 Å². The maximum atomic E-state index is 13.4. The van der Waals surface area contributed by atoms with Crippen molar-refractivity contribution in [2.75, 3.05) is 24.6 Å². The highest BCUT2D eigenvalue weighted by molar-refractivity contribution is 5.98. The topological polar surface area (TPSA) is 101 Å². The average molecular weight is 545 g/mol. The van der Waals surface area contributed by atoms with E-state index in [0.717, 1.165) is 80.9 Å². The summed E-state index contributed by atoms with van der Waals surface area (Å²) < 4.78 is 7.95. The number of amides is 2. The second-order valence-electron chi connectivity index (χ2n) is 10.6. The van der Waals surface area contributed by atoms with Crippen molar-refractivity contribution in [2.45, 2.75) is 77.4 Å². The summed E-state index contributed by atoms with van der Waals surface area (Å²) in [6.45, 7) is 3.30. The van der Waals surface area contributed by atoms with E-state index < -0.39 is 0 Å². The average Bonchev–Trinajstić information content (AvgIpc) is 3.20. The predicted molar refractivity (Wildman–Crippen MR) is 154 cm³/mol.